The lowest BCUT2D eigenvalue weighted by Gasteiger charge is -2.36. The molecule has 0 aliphatic carbocycles. The fourth-order valence-electron chi connectivity index (χ4n) is 3.71. The van der Waals surface area contributed by atoms with Crippen LogP contribution in [0.15, 0.2) is 47.1 Å². The molecule has 2 aliphatic rings. The van der Waals surface area contributed by atoms with Crippen molar-refractivity contribution >= 4 is 5.91 Å². The first-order valence-electron chi connectivity index (χ1n) is 9.04. The lowest BCUT2D eigenvalue weighted by Crippen LogP contribution is -2.50. The fraction of sp³-hybridized carbons (Fsp3) is 0.450. The number of para-hydroxylation sites is 1. The van der Waals surface area contributed by atoms with Crippen LogP contribution in [0.5, 0.6) is 5.75 Å². The summed E-state index contributed by atoms with van der Waals surface area (Å²) in [6.07, 6.45) is 3.28. The zero-order chi connectivity index (χ0) is 17.1. The molecule has 0 bridgehead atoms. The number of hydrogen-bond acceptors (Lipinski definition) is 4. The van der Waals surface area contributed by atoms with Crippen LogP contribution in [0.1, 0.15) is 17.7 Å². The molecule has 25 heavy (non-hydrogen) atoms. The third kappa shape index (κ3) is 3.71. The van der Waals surface area contributed by atoms with E-state index in [9.17, 15) is 4.79 Å². The van der Waals surface area contributed by atoms with E-state index >= 15 is 0 Å². The maximum absolute atomic E-state index is 13.0. The van der Waals surface area contributed by atoms with Gasteiger partial charge in [0.1, 0.15) is 11.5 Å². The van der Waals surface area contributed by atoms with Gasteiger partial charge in [0.15, 0.2) is 0 Å². The first-order valence-corrected chi connectivity index (χ1v) is 9.04. The number of rotatable bonds is 3. The first kappa shape index (κ1) is 16.2. The van der Waals surface area contributed by atoms with Crippen molar-refractivity contribution in [2.24, 2.45) is 5.92 Å². The van der Waals surface area contributed by atoms with Crippen LogP contribution in [0.4, 0.5) is 0 Å². The van der Waals surface area contributed by atoms with Gasteiger partial charge in [0.05, 0.1) is 19.4 Å². The zero-order valence-corrected chi connectivity index (χ0v) is 14.4. The Balaban J connectivity index is 1.34. The summed E-state index contributed by atoms with van der Waals surface area (Å²) in [5, 5.41) is 0. The van der Waals surface area contributed by atoms with Crippen LogP contribution >= 0.6 is 0 Å². The van der Waals surface area contributed by atoms with Crippen LogP contribution in [0, 0.1) is 5.92 Å². The SMILES string of the molecule is O=C([C@H]1CCOc2ccccc2C1)N1CCN(Cc2ccco2)CC1. The number of piperazine rings is 1. The van der Waals surface area contributed by atoms with Crippen molar-refractivity contribution in [1.29, 1.82) is 0 Å². The van der Waals surface area contributed by atoms with E-state index in [0.717, 1.165) is 62.6 Å². The molecule has 0 saturated carbocycles. The Morgan fingerprint density at radius 1 is 1.08 bits per heavy atom. The predicted octanol–water partition coefficient (Wildman–Crippen LogP) is 2.57. The van der Waals surface area contributed by atoms with Crippen LogP contribution in [0.3, 0.4) is 0 Å². The number of carbonyl (C=O) groups excluding carboxylic acids is 1. The highest BCUT2D eigenvalue weighted by molar-refractivity contribution is 5.79. The summed E-state index contributed by atoms with van der Waals surface area (Å²) in [5.41, 5.74) is 1.15. The van der Waals surface area contributed by atoms with E-state index in [-0.39, 0.29) is 11.8 Å². The molecule has 1 atom stereocenters. The molecule has 2 aliphatic heterocycles. The third-order valence-corrected chi connectivity index (χ3v) is 5.16. The Morgan fingerprint density at radius 3 is 2.72 bits per heavy atom. The standard InChI is InChI=1S/C20H24N2O3/c23-20(17-7-13-25-19-6-2-1-4-16(19)14-17)22-10-8-21(9-11-22)15-18-5-3-12-24-18/h1-6,12,17H,7-11,13-15H2/t17-/m0/s1. The number of carbonyl (C=O) groups is 1. The van der Waals surface area contributed by atoms with E-state index in [4.69, 9.17) is 9.15 Å². The minimum absolute atomic E-state index is 0.0280. The summed E-state index contributed by atoms with van der Waals surface area (Å²) < 4.78 is 11.2. The molecule has 1 aromatic heterocycles. The van der Waals surface area contributed by atoms with Gasteiger partial charge in [0.2, 0.25) is 5.91 Å². The number of benzene rings is 1. The van der Waals surface area contributed by atoms with Gasteiger partial charge in [0.25, 0.3) is 0 Å². The Labute approximate surface area is 148 Å². The molecule has 1 saturated heterocycles. The average molecular weight is 340 g/mol. The normalized spacial score (nSPS) is 21.3. The van der Waals surface area contributed by atoms with Gasteiger partial charge in [0, 0.05) is 32.1 Å². The summed E-state index contributed by atoms with van der Waals surface area (Å²) in [6.45, 7) is 4.81. The van der Waals surface area contributed by atoms with Crippen molar-refractivity contribution in [3.63, 3.8) is 0 Å². The molecule has 132 valence electrons. The Hall–Kier alpha value is -2.27. The Morgan fingerprint density at radius 2 is 1.92 bits per heavy atom. The summed E-state index contributed by atoms with van der Waals surface area (Å²) in [7, 11) is 0. The molecule has 3 heterocycles. The average Bonchev–Trinajstić information content (AvgIpc) is 3.05. The molecule has 0 radical (unpaired) electrons. The molecule has 2 aromatic rings. The zero-order valence-electron chi connectivity index (χ0n) is 14.4. The summed E-state index contributed by atoms with van der Waals surface area (Å²) >= 11 is 0. The van der Waals surface area contributed by atoms with Crippen LogP contribution in [-0.2, 0) is 17.8 Å². The van der Waals surface area contributed by atoms with Crippen molar-refractivity contribution in [1.82, 2.24) is 9.80 Å². The quantitative estimate of drug-likeness (QED) is 0.861. The summed E-state index contributed by atoms with van der Waals surface area (Å²) in [4.78, 5) is 17.3. The van der Waals surface area contributed by atoms with Crippen molar-refractivity contribution in [3.05, 3.63) is 54.0 Å². The Bertz CT molecular complexity index is 705. The topological polar surface area (TPSA) is 45.9 Å². The number of fused-ring (bicyclic) bond motifs is 1. The van der Waals surface area contributed by atoms with Crippen molar-refractivity contribution in [2.75, 3.05) is 32.8 Å². The molecule has 1 amide bonds. The fourth-order valence-corrected chi connectivity index (χ4v) is 3.71. The van der Waals surface area contributed by atoms with Crippen molar-refractivity contribution in [3.8, 4) is 5.75 Å². The minimum atomic E-state index is 0.0280. The number of hydrogen-bond donors (Lipinski definition) is 0. The summed E-state index contributed by atoms with van der Waals surface area (Å²) in [6, 6.07) is 12.0. The second-order valence-electron chi connectivity index (χ2n) is 6.83. The van der Waals surface area contributed by atoms with Gasteiger partial charge in [-0.25, -0.2) is 0 Å². The van der Waals surface area contributed by atoms with Gasteiger partial charge in [-0.05, 0) is 36.6 Å². The number of furan rings is 1. The highest BCUT2D eigenvalue weighted by Crippen LogP contribution is 2.28. The summed E-state index contributed by atoms with van der Waals surface area (Å²) in [5.74, 6) is 2.22. The van der Waals surface area contributed by atoms with E-state index < -0.39 is 0 Å². The van der Waals surface area contributed by atoms with Gasteiger partial charge >= 0.3 is 0 Å². The lowest BCUT2D eigenvalue weighted by atomic mass is 9.95. The van der Waals surface area contributed by atoms with Crippen molar-refractivity contribution in [2.45, 2.75) is 19.4 Å². The van der Waals surface area contributed by atoms with E-state index in [1.807, 2.05) is 35.2 Å². The Kier molecular flexibility index (Phi) is 4.74. The van der Waals surface area contributed by atoms with Crippen molar-refractivity contribution < 1.29 is 13.9 Å². The van der Waals surface area contributed by atoms with Gasteiger partial charge in [-0.15, -0.1) is 0 Å². The molecule has 1 aromatic carbocycles. The van der Waals surface area contributed by atoms with E-state index in [1.165, 1.54) is 0 Å². The van der Waals surface area contributed by atoms with Crippen LogP contribution in [0.2, 0.25) is 0 Å². The molecule has 0 unspecified atom stereocenters. The highest BCUT2D eigenvalue weighted by Gasteiger charge is 2.29. The second kappa shape index (κ2) is 7.31. The highest BCUT2D eigenvalue weighted by atomic mass is 16.5. The smallest absolute Gasteiger partial charge is 0.226 e. The maximum atomic E-state index is 13.0. The number of nitrogens with zero attached hydrogens (tertiary/aromatic N) is 2. The monoisotopic (exact) mass is 340 g/mol. The largest absolute Gasteiger partial charge is 0.493 e. The predicted molar refractivity (Wildman–Crippen MR) is 94.3 cm³/mol. The van der Waals surface area contributed by atoms with E-state index in [0.29, 0.717) is 6.61 Å². The molecular weight excluding hydrogens is 316 g/mol. The van der Waals surface area contributed by atoms with Crippen LogP contribution in [-0.4, -0.2) is 48.5 Å². The van der Waals surface area contributed by atoms with Gasteiger partial charge in [-0.2, -0.15) is 0 Å². The molecule has 0 spiro atoms. The molecule has 1 fully saturated rings. The van der Waals surface area contributed by atoms with Crippen LogP contribution < -0.4 is 4.74 Å². The molecule has 0 N–H and O–H groups in total. The minimum Gasteiger partial charge on any atom is -0.493 e. The van der Waals surface area contributed by atoms with Crippen LogP contribution in [0.25, 0.3) is 0 Å². The first-order chi connectivity index (χ1) is 12.3. The maximum Gasteiger partial charge on any atom is 0.226 e. The molecule has 5 heteroatoms. The van der Waals surface area contributed by atoms with Gasteiger partial charge in [-0.3, -0.25) is 9.69 Å². The molecular formula is C20H24N2O3. The number of ether oxygens (including phenoxy) is 1. The number of amides is 1. The van der Waals surface area contributed by atoms with Gasteiger partial charge < -0.3 is 14.1 Å². The second-order valence-corrected chi connectivity index (χ2v) is 6.83. The molecule has 4 rings (SSSR count). The lowest BCUT2D eigenvalue weighted by molar-refractivity contribution is -0.137. The van der Waals surface area contributed by atoms with E-state index in [2.05, 4.69) is 11.0 Å². The molecule has 5 nitrogen and oxygen atoms in total. The van der Waals surface area contributed by atoms with E-state index in [1.54, 1.807) is 6.26 Å². The third-order valence-electron chi connectivity index (χ3n) is 5.16. The van der Waals surface area contributed by atoms with Gasteiger partial charge in [-0.1, -0.05) is 18.2 Å².